The molecule has 20 heavy (non-hydrogen) atoms. The zero-order valence-corrected chi connectivity index (χ0v) is 11.5. The van der Waals surface area contributed by atoms with Gasteiger partial charge in [-0.25, -0.2) is 4.98 Å². The number of nitrogens with zero attached hydrogens (tertiary/aromatic N) is 2. The number of hydrogen-bond donors (Lipinski definition) is 2. The van der Waals surface area contributed by atoms with Crippen molar-refractivity contribution in [2.24, 2.45) is 0 Å². The SMILES string of the molecule is CC(CCCO)NC(=O)c1ccc(-n2ccnc2)cc1. The Kier molecular flexibility index (Phi) is 4.90. The third-order valence-electron chi connectivity index (χ3n) is 3.10. The lowest BCUT2D eigenvalue weighted by Gasteiger charge is -2.13. The summed E-state index contributed by atoms with van der Waals surface area (Å²) in [5.74, 6) is -0.0902. The zero-order chi connectivity index (χ0) is 14.4. The van der Waals surface area contributed by atoms with Crippen LogP contribution in [0.3, 0.4) is 0 Å². The molecule has 2 aromatic rings. The Morgan fingerprint density at radius 1 is 1.40 bits per heavy atom. The van der Waals surface area contributed by atoms with Crippen molar-refractivity contribution in [1.82, 2.24) is 14.9 Å². The van der Waals surface area contributed by atoms with E-state index in [9.17, 15) is 4.79 Å². The number of amides is 1. The summed E-state index contributed by atoms with van der Waals surface area (Å²) in [5.41, 5.74) is 1.59. The largest absolute Gasteiger partial charge is 0.396 e. The maximum absolute atomic E-state index is 12.0. The molecule has 0 bridgehead atoms. The first-order valence-corrected chi connectivity index (χ1v) is 6.71. The van der Waals surface area contributed by atoms with Gasteiger partial charge < -0.3 is 15.0 Å². The van der Waals surface area contributed by atoms with E-state index in [0.29, 0.717) is 12.0 Å². The molecule has 1 atom stereocenters. The second-order valence-electron chi connectivity index (χ2n) is 4.76. The van der Waals surface area contributed by atoms with Crippen molar-refractivity contribution >= 4 is 5.91 Å². The minimum Gasteiger partial charge on any atom is -0.396 e. The number of hydrogen-bond acceptors (Lipinski definition) is 3. The first kappa shape index (κ1) is 14.3. The van der Waals surface area contributed by atoms with Crippen molar-refractivity contribution < 1.29 is 9.90 Å². The van der Waals surface area contributed by atoms with E-state index in [2.05, 4.69) is 10.3 Å². The molecule has 1 aromatic carbocycles. The Labute approximate surface area is 118 Å². The standard InChI is InChI=1S/C15H19N3O2/c1-12(3-2-10-19)17-15(20)13-4-6-14(7-5-13)18-9-8-16-11-18/h4-9,11-12,19H,2-3,10H2,1H3,(H,17,20). The summed E-state index contributed by atoms with van der Waals surface area (Å²) in [6.45, 7) is 2.09. The molecule has 0 fully saturated rings. The first-order valence-electron chi connectivity index (χ1n) is 6.71. The molecule has 2 N–H and O–H groups in total. The van der Waals surface area contributed by atoms with Crippen molar-refractivity contribution in [2.45, 2.75) is 25.8 Å². The van der Waals surface area contributed by atoms with Gasteiger partial charge in [0.25, 0.3) is 5.91 Å². The van der Waals surface area contributed by atoms with E-state index in [1.54, 1.807) is 24.7 Å². The van der Waals surface area contributed by atoms with Gasteiger partial charge in [0.15, 0.2) is 0 Å². The average molecular weight is 273 g/mol. The van der Waals surface area contributed by atoms with Crippen LogP contribution in [0, 0.1) is 0 Å². The van der Waals surface area contributed by atoms with Crippen LogP contribution in [-0.2, 0) is 0 Å². The molecule has 2 rings (SSSR count). The van der Waals surface area contributed by atoms with Crippen molar-refractivity contribution in [3.63, 3.8) is 0 Å². The van der Waals surface area contributed by atoms with Gasteiger partial charge in [0.1, 0.15) is 0 Å². The molecule has 1 amide bonds. The fourth-order valence-electron chi connectivity index (χ4n) is 1.97. The van der Waals surface area contributed by atoms with Crippen LogP contribution < -0.4 is 5.32 Å². The summed E-state index contributed by atoms with van der Waals surface area (Å²) in [6.07, 6.45) is 6.75. The average Bonchev–Trinajstić information content (AvgIpc) is 2.99. The fourth-order valence-corrected chi connectivity index (χ4v) is 1.97. The van der Waals surface area contributed by atoms with E-state index < -0.39 is 0 Å². The molecule has 0 aliphatic heterocycles. The number of nitrogens with one attached hydrogen (secondary N) is 1. The number of imidazole rings is 1. The molecule has 1 aromatic heterocycles. The molecule has 0 spiro atoms. The third kappa shape index (κ3) is 3.68. The van der Waals surface area contributed by atoms with Crippen LogP contribution in [0.1, 0.15) is 30.1 Å². The van der Waals surface area contributed by atoms with Crippen LogP contribution in [0.2, 0.25) is 0 Å². The zero-order valence-electron chi connectivity index (χ0n) is 11.5. The molecule has 0 saturated heterocycles. The lowest BCUT2D eigenvalue weighted by atomic mass is 10.1. The predicted octanol–water partition coefficient (Wildman–Crippen LogP) is 1.76. The van der Waals surface area contributed by atoms with Crippen LogP contribution in [0.4, 0.5) is 0 Å². The number of aliphatic hydroxyl groups is 1. The minimum atomic E-state index is -0.0902. The number of carbonyl (C=O) groups excluding carboxylic acids is 1. The quantitative estimate of drug-likeness (QED) is 0.842. The van der Waals surface area contributed by atoms with E-state index in [4.69, 9.17) is 5.11 Å². The van der Waals surface area contributed by atoms with Gasteiger partial charge in [-0.3, -0.25) is 4.79 Å². The Morgan fingerprint density at radius 2 is 2.15 bits per heavy atom. The predicted molar refractivity (Wildman–Crippen MR) is 76.8 cm³/mol. The van der Waals surface area contributed by atoms with Crippen molar-refractivity contribution in [1.29, 1.82) is 0 Å². The number of aliphatic hydroxyl groups excluding tert-OH is 1. The topological polar surface area (TPSA) is 67.2 Å². The number of aromatic nitrogens is 2. The van der Waals surface area contributed by atoms with Gasteiger partial charge >= 0.3 is 0 Å². The van der Waals surface area contributed by atoms with Gasteiger partial charge in [0.2, 0.25) is 0 Å². The van der Waals surface area contributed by atoms with Crippen molar-refractivity contribution in [3.05, 3.63) is 48.5 Å². The molecular formula is C15H19N3O2. The molecule has 106 valence electrons. The first-order chi connectivity index (χ1) is 9.70. The van der Waals surface area contributed by atoms with Crippen LogP contribution in [0.25, 0.3) is 5.69 Å². The van der Waals surface area contributed by atoms with Gasteiger partial charge in [-0.05, 0) is 44.0 Å². The summed E-state index contributed by atoms with van der Waals surface area (Å²) in [5, 5.41) is 11.7. The summed E-state index contributed by atoms with van der Waals surface area (Å²) >= 11 is 0. The molecule has 0 saturated carbocycles. The maximum Gasteiger partial charge on any atom is 0.251 e. The highest BCUT2D eigenvalue weighted by atomic mass is 16.3. The second-order valence-corrected chi connectivity index (χ2v) is 4.76. The summed E-state index contributed by atoms with van der Waals surface area (Å²) in [4.78, 5) is 16.0. The van der Waals surface area contributed by atoms with Crippen LogP contribution in [0.15, 0.2) is 43.0 Å². The summed E-state index contributed by atoms with van der Waals surface area (Å²) in [7, 11) is 0. The lowest BCUT2D eigenvalue weighted by molar-refractivity contribution is 0.0936. The molecule has 5 heteroatoms. The summed E-state index contributed by atoms with van der Waals surface area (Å²) < 4.78 is 1.88. The van der Waals surface area contributed by atoms with E-state index in [-0.39, 0.29) is 18.6 Å². The van der Waals surface area contributed by atoms with Gasteiger partial charge in [-0.1, -0.05) is 0 Å². The van der Waals surface area contributed by atoms with Crippen LogP contribution in [-0.4, -0.2) is 33.2 Å². The van der Waals surface area contributed by atoms with E-state index in [0.717, 1.165) is 12.1 Å². The lowest BCUT2D eigenvalue weighted by Crippen LogP contribution is -2.32. The molecule has 0 aliphatic carbocycles. The van der Waals surface area contributed by atoms with Gasteiger partial charge in [-0.2, -0.15) is 0 Å². The second kappa shape index (κ2) is 6.86. The fraction of sp³-hybridized carbons (Fsp3) is 0.333. The van der Waals surface area contributed by atoms with Crippen molar-refractivity contribution in [3.8, 4) is 5.69 Å². The number of benzene rings is 1. The Bertz CT molecular complexity index is 535. The molecule has 5 nitrogen and oxygen atoms in total. The molecule has 1 heterocycles. The molecular weight excluding hydrogens is 254 g/mol. The van der Waals surface area contributed by atoms with E-state index >= 15 is 0 Å². The minimum absolute atomic E-state index is 0.0583. The van der Waals surface area contributed by atoms with Crippen LogP contribution in [0.5, 0.6) is 0 Å². The highest BCUT2D eigenvalue weighted by Gasteiger charge is 2.09. The van der Waals surface area contributed by atoms with E-state index in [1.807, 2.05) is 29.8 Å². The summed E-state index contributed by atoms with van der Waals surface area (Å²) in [6, 6.07) is 7.42. The highest BCUT2D eigenvalue weighted by Crippen LogP contribution is 2.09. The molecule has 0 radical (unpaired) electrons. The van der Waals surface area contributed by atoms with Crippen molar-refractivity contribution in [2.75, 3.05) is 6.61 Å². The molecule has 1 unspecified atom stereocenters. The molecule has 0 aliphatic rings. The monoisotopic (exact) mass is 273 g/mol. The van der Waals surface area contributed by atoms with Gasteiger partial charge in [0.05, 0.1) is 6.33 Å². The normalized spacial score (nSPS) is 12.1. The smallest absolute Gasteiger partial charge is 0.251 e. The Morgan fingerprint density at radius 3 is 2.75 bits per heavy atom. The Balaban J connectivity index is 1.97. The van der Waals surface area contributed by atoms with E-state index in [1.165, 1.54) is 0 Å². The van der Waals surface area contributed by atoms with Gasteiger partial charge in [-0.15, -0.1) is 0 Å². The maximum atomic E-state index is 12.0. The van der Waals surface area contributed by atoms with Crippen LogP contribution >= 0.6 is 0 Å². The number of carbonyl (C=O) groups is 1. The third-order valence-corrected chi connectivity index (χ3v) is 3.10. The Hall–Kier alpha value is -2.14. The number of rotatable bonds is 6. The highest BCUT2D eigenvalue weighted by molar-refractivity contribution is 5.94. The van der Waals surface area contributed by atoms with Gasteiger partial charge in [0, 0.05) is 36.3 Å².